The molecule has 0 amide bonds. The molecule has 1 aromatic heterocycles. The predicted octanol–water partition coefficient (Wildman–Crippen LogP) is 1.35. The first-order valence-electron chi connectivity index (χ1n) is 2.30. The Morgan fingerprint density at radius 2 is 2.38 bits per heavy atom. The van der Waals surface area contributed by atoms with Crippen molar-refractivity contribution in [2.24, 2.45) is 0 Å². The molecule has 0 fully saturated rings. The van der Waals surface area contributed by atoms with Crippen LogP contribution in [-0.2, 0) is 0 Å². The Morgan fingerprint density at radius 3 is 2.62 bits per heavy atom. The summed E-state index contributed by atoms with van der Waals surface area (Å²) in [6.45, 7) is 0. The molecule has 0 radical (unpaired) electrons. The van der Waals surface area contributed by atoms with Crippen LogP contribution in [-0.4, -0.2) is 20.1 Å². The van der Waals surface area contributed by atoms with Crippen molar-refractivity contribution in [3.8, 4) is 0 Å². The Balaban J connectivity index is 2.77. The fraction of sp³-hybridized carbons (Fsp3) is 0.400. The summed E-state index contributed by atoms with van der Waals surface area (Å²) < 4.78 is 1.36. The second-order valence-electron chi connectivity index (χ2n) is 1.66. The Hall–Kier alpha value is -0.0600. The van der Waals surface area contributed by atoms with Gasteiger partial charge in [-0.05, 0) is 0 Å². The maximum atomic E-state index is 3.86. The van der Waals surface area contributed by atoms with E-state index in [0.717, 1.165) is 0 Å². The van der Waals surface area contributed by atoms with E-state index < -0.39 is 19.8 Å². The van der Waals surface area contributed by atoms with E-state index in [1.54, 1.807) is 0 Å². The molecule has 1 heterocycles. The van der Waals surface area contributed by atoms with Gasteiger partial charge in [0.1, 0.15) is 0 Å². The van der Waals surface area contributed by atoms with Crippen molar-refractivity contribution >= 4 is 19.8 Å². The van der Waals surface area contributed by atoms with Gasteiger partial charge < -0.3 is 0 Å². The molecule has 8 heavy (non-hydrogen) atoms. The minimum atomic E-state index is -0.747. The molecule has 0 aliphatic rings. The molecule has 46 valence electrons. The van der Waals surface area contributed by atoms with Crippen LogP contribution in [0, 0.1) is 3.70 Å². The van der Waals surface area contributed by atoms with Crippen molar-refractivity contribution in [3.05, 3.63) is 16.0 Å². The SMILES string of the molecule is CI(C)c1ccn[nH]1. The van der Waals surface area contributed by atoms with Crippen molar-refractivity contribution in [1.82, 2.24) is 10.2 Å². The summed E-state index contributed by atoms with van der Waals surface area (Å²) in [5.41, 5.74) is 0. The van der Waals surface area contributed by atoms with Gasteiger partial charge in [0, 0.05) is 0 Å². The average Bonchev–Trinajstić information content (AvgIpc) is 2.12. The van der Waals surface area contributed by atoms with Crippen LogP contribution < -0.4 is 0 Å². The van der Waals surface area contributed by atoms with Gasteiger partial charge in [0.15, 0.2) is 0 Å². The van der Waals surface area contributed by atoms with Gasteiger partial charge in [0.25, 0.3) is 0 Å². The molecule has 1 aromatic rings. The zero-order valence-electron chi connectivity index (χ0n) is 4.98. The van der Waals surface area contributed by atoms with Gasteiger partial charge in [-0.2, -0.15) is 0 Å². The first kappa shape index (κ1) is 6.07. The van der Waals surface area contributed by atoms with Crippen LogP contribution in [0.15, 0.2) is 12.3 Å². The van der Waals surface area contributed by atoms with E-state index >= 15 is 0 Å². The van der Waals surface area contributed by atoms with Gasteiger partial charge >= 0.3 is 55.8 Å². The third kappa shape index (κ3) is 1.21. The summed E-state index contributed by atoms with van der Waals surface area (Å²) in [5.74, 6) is 0. The second-order valence-corrected chi connectivity index (χ2v) is 7.14. The van der Waals surface area contributed by atoms with E-state index in [0.29, 0.717) is 0 Å². The molecule has 1 N–H and O–H groups in total. The van der Waals surface area contributed by atoms with Gasteiger partial charge in [-0.25, -0.2) is 0 Å². The van der Waals surface area contributed by atoms with Gasteiger partial charge in [0.2, 0.25) is 0 Å². The molecular formula is C5H9IN2. The van der Waals surface area contributed by atoms with Crippen LogP contribution in [0.4, 0.5) is 0 Å². The summed E-state index contributed by atoms with van der Waals surface area (Å²) in [6.07, 6.45) is 1.81. The maximum absolute atomic E-state index is 3.86. The molecule has 0 bridgehead atoms. The molecule has 0 saturated carbocycles. The van der Waals surface area contributed by atoms with Gasteiger partial charge in [-0.1, -0.05) is 0 Å². The summed E-state index contributed by atoms with van der Waals surface area (Å²) >= 11 is -0.747. The summed E-state index contributed by atoms with van der Waals surface area (Å²) in [4.78, 5) is 4.58. The minimum absolute atomic E-state index is 0.747. The second kappa shape index (κ2) is 2.48. The van der Waals surface area contributed by atoms with Crippen molar-refractivity contribution in [3.63, 3.8) is 0 Å². The summed E-state index contributed by atoms with van der Waals surface area (Å²) in [6, 6.07) is 2.06. The molecule has 0 spiro atoms. The fourth-order valence-corrected chi connectivity index (χ4v) is 1.95. The Morgan fingerprint density at radius 1 is 1.62 bits per heavy atom. The van der Waals surface area contributed by atoms with Crippen LogP contribution in [0.2, 0.25) is 0 Å². The molecule has 0 aliphatic carbocycles. The Labute approximate surface area is 56.1 Å². The van der Waals surface area contributed by atoms with Crippen molar-refractivity contribution < 1.29 is 0 Å². The van der Waals surface area contributed by atoms with E-state index in [-0.39, 0.29) is 0 Å². The molecule has 2 nitrogen and oxygen atoms in total. The van der Waals surface area contributed by atoms with Crippen molar-refractivity contribution in [2.75, 3.05) is 9.86 Å². The number of alkyl halides is 2. The molecule has 0 aromatic carbocycles. The first-order valence-corrected chi connectivity index (χ1v) is 7.69. The molecule has 0 saturated heterocycles. The van der Waals surface area contributed by atoms with Crippen molar-refractivity contribution in [1.29, 1.82) is 0 Å². The van der Waals surface area contributed by atoms with Crippen LogP contribution in [0.3, 0.4) is 0 Å². The summed E-state index contributed by atoms with van der Waals surface area (Å²) in [7, 11) is 0. The van der Waals surface area contributed by atoms with E-state index in [1.807, 2.05) is 6.20 Å². The summed E-state index contributed by atoms with van der Waals surface area (Å²) in [5, 5.41) is 6.81. The number of nitrogens with zero attached hydrogens (tertiary/aromatic N) is 1. The van der Waals surface area contributed by atoms with Gasteiger partial charge in [-0.15, -0.1) is 0 Å². The van der Waals surface area contributed by atoms with Gasteiger partial charge in [0.05, 0.1) is 0 Å². The fourth-order valence-electron chi connectivity index (χ4n) is 0.449. The molecule has 0 atom stereocenters. The Bertz CT molecular complexity index is 145. The number of hydrogen-bond donors (Lipinski definition) is 1. The topological polar surface area (TPSA) is 28.7 Å². The molecule has 0 unspecified atom stereocenters. The van der Waals surface area contributed by atoms with Crippen LogP contribution >= 0.6 is 19.8 Å². The number of nitrogens with one attached hydrogen (secondary N) is 1. The monoisotopic (exact) mass is 224 g/mol. The van der Waals surface area contributed by atoms with Gasteiger partial charge in [-0.3, -0.25) is 0 Å². The zero-order valence-corrected chi connectivity index (χ0v) is 7.14. The molecule has 1 rings (SSSR count). The molecule has 3 heteroatoms. The molecule has 0 aliphatic heterocycles. The van der Waals surface area contributed by atoms with E-state index in [9.17, 15) is 0 Å². The molecular weight excluding hydrogens is 215 g/mol. The number of hydrogen-bond acceptors (Lipinski definition) is 1. The number of H-pyrrole nitrogens is 1. The number of rotatable bonds is 1. The number of aromatic nitrogens is 2. The van der Waals surface area contributed by atoms with Crippen molar-refractivity contribution in [2.45, 2.75) is 0 Å². The van der Waals surface area contributed by atoms with Crippen LogP contribution in [0.5, 0.6) is 0 Å². The number of halogens is 1. The van der Waals surface area contributed by atoms with Crippen LogP contribution in [0.1, 0.15) is 0 Å². The van der Waals surface area contributed by atoms with E-state index in [4.69, 9.17) is 0 Å². The average molecular weight is 224 g/mol. The van der Waals surface area contributed by atoms with E-state index in [2.05, 4.69) is 26.1 Å². The number of aromatic amines is 1. The quantitative estimate of drug-likeness (QED) is 0.566. The van der Waals surface area contributed by atoms with E-state index in [1.165, 1.54) is 3.70 Å². The Kier molecular flexibility index (Phi) is 1.88. The third-order valence-electron chi connectivity index (χ3n) is 0.874. The zero-order chi connectivity index (χ0) is 5.98. The van der Waals surface area contributed by atoms with Crippen LogP contribution in [0.25, 0.3) is 0 Å². The third-order valence-corrected chi connectivity index (χ3v) is 3.80. The normalized spacial score (nSPS) is 11.5. The predicted molar refractivity (Wildman–Crippen MR) is 43.2 cm³/mol. The standard InChI is InChI=1S/C5H9IN2/c1-6(2)5-3-4-7-8-5/h3-4H,1-2H3,(H,7,8). The first-order chi connectivity index (χ1) is 3.80.